The quantitative estimate of drug-likeness (QED) is 0.599. The average Bonchev–Trinajstić information content (AvgIpc) is 2.79. The van der Waals surface area contributed by atoms with E-state index in [9.17, 15) is 10.1 Å². The van der Waals surface area contributed by atoms with Crippen LogP contribution in [0.25, 0.3) is 6.08 Å². The lowest BCUT2D eigenvalue weighted by molar-refractivity contribution is -0.384. The second-order valence-electron chi connectivity index (χ2n) is 5.82. The molecule has 0 atom stereocenters. The van der Waals surface area contributed by atoms with E-state index in [0.717, 1.165) is 34.8 Å². The Kier molecular flexibility index (Phi) is 8.28. The minimum absolute atomic E-state index is 0. The van der Waals surface area contributed by atoms with Gasteiger partial charge in [0, 0.05) is 55.3 Å². The van der Waals surface area contributed by atoms with Crippen LogP contribution in [0.5, 0.6) is 0 Å². The topological polar surface area (TPSA) is 70.8 Å². The molecule has 1 N–H and O–H groups in total. The summed E-state index contributed by atoms with van der Waals surface area (Å²) in [5.41, 5.74) is 4.75. The van der Waals surface area contributed by atoms with Gasteiger partial charge in [0.15, 0.2) is 0 Å². The maximum atomic E-state index is 11.0. The van der Waals surface area contributed by atoms with E-state index in [1.807, 2.05) is 30.4 Å². The van der Waals surface area contributed by atoms with Crippen molar-refractivity contribution in [2.45, 2.75) is 0 Å². The van der Waals surface area contributed by atoms with Gasteiger partial charge in [-0.05, 0) is 18.2 Å². The van der Waals surface area contributed by atoms with E-state index in [2.05, 4.69) is 28.3 Å². The zero-order valence-electron chi connectivity index (χ0n) is 15.1. The molecule has 0 aromatic heterocycles. The van der Waals surface area contributed by atoms with Crippen molar-refractivity contribution in [1.82, 2.24) is 0 Å². The first kappa shape index (κ1) is 22.5. The standard InChI is InChI=1S/C19H20N4O2.2ClH/c1-20-17-10-8-15(23(24)25)13-14(17)7-9-18-16-5-3-4-6-19(16)22(2)12-11-21-18;;/h3-10,13,20H,11-12H2,1-2H3;2*1H. The number of benzodiazepines with no additional fused rings is 1. The lowest BCUT2D eigenvalue weighted by atomic mass is 10.0. The van der Waals surface area contributed by atoms with E-state index in [-0.39, 0.29) is 35.4 Å². The molecule has 0 fully saturated rings. The Balaban J connectivity index is 0.00000182. The predicted molar refractivity (Wildman–Crippen MR) is 117 cm³/mol. The van der Waals surface area contributed by atoms with Crippen molar-refractivity contribution in [1.29, 1.82) is 0 Å². The van der Waals surface area contributed by atoms with Gasteiger partial charge in [0.05, 0.1) is 17.2 Å². The zero-order chi connectivity index (χ0) is 17.8. The van der Waals surface area contributed by atoms with Crippen LogP contribution in [0.4, 0.5) is 17.1 Å². The number of benzene rings is 2. The third-order valence-corrected chi connectivity index (χ3v) is 4.24. The van der Waals surface area contributed by atoms with Crippen LogP contribution < -0.4 is 10.2 Å². The maximum Gasteiger partial charge on any atom is 0.270 e. The number of nitro benzene ring substituents is 1. The first-order chi connectivity index (χ1) is 12.1. The van der Waals surface area contributed by atoms with Gasteiger partial charge in [0.2, 0.25) is 0 Å². The van der Waals surface area contributed by atoms with Crippen LogP contribution in [0.3, 0.4) is 0 Å². The van der Waals surface area contributed by atoms with Crippen LogP contribution >= 0.6 is 24.8 Å². The molecule has 0 saturated carbocycles. The smallest absolute Gasteiger partial charge is 0.270 e. The highest BCUT2D eigenvalue weighted by Gasteiger charge is 2.14. The Morgan fingerprint density at radius 2 is 1.93 bits per heavy atom. The number of nitrogens with one attached hydrogen (secondary N) is 1. The summed E-state index contributed by atoms with van der Waals surface area (Å²) in [7, 11) is 3.85. The number of aliphatic imine (C=N–C) groups is 1. The van der Waals surface area contributed by atoms with Gasteiger partial charge in [0.25, 0.3) is 5.69 Å². The van der Waals surface area contributed by atoms with Crippen molar-refractivity contribution >= 4 is 53.7 Å². The summed E-state index contributed by atoms with van der Waals surface area (Å²) in [5.74, 6) is 0. The van der Waals surface area contributed by atoms with Crippen LogP contribution in [-0.2, 0) is 0 Å². The molecule has 27 heavy (non-hydrogen) atoms. The van der Waals surface area contributed by atoms with Crippen LogP contribution in [0.15, 0.2) is 53.5 Å². The van der Waals surface area contributed by atoms with Gasteiger partial charge in [-0.15, -0.1) is 24.8 Å². The lowest BCUT2D eigenvalue weighted by Gasteiger charge is -2.18. The van der Waals surface area contributed by atoms with Gasteiger partial charge in [-0.2, -0.15) is 0 Å². The number of allylic oxidation sites excluding steroid dienone is 1. The molecule has 0 bridgehead atoms. The Bertz CT molecular complexity index is 869. The molecule has 1 heterocycles. The van der Waals surface area contributed by atoms with E-state index in [1.54, 1.807) is 19.2 Å². The summed E-state index contributed by atoms with van der Waals surface area (Å²) < 4.78 is 0. The van der Waals surface area contributed by atoms with Crippen LogP contribution in [-0.4, -0.2) is 37.8 Å². The van der Waals surface area contributed by atoms with E-state index < -0.39 is 0 Å². The Morgan fingerprint density at radius 1 is 1.19 bits per heavy atom. The van der Waals surface area contributed by atoms with Gasteiger partial charge in [-0.25, -0.2) is 0 Å². The molecule has 8 heteroatoms. The zero-order valence-corrected chi connectivity index (χ0v) is 16.7. The van der Waals surface area contributed by atoms with Crippen LogP contribution in [0.2, 0.25) is 0 Å². The molecule has 2 aromatic carbocycles. The number of hydrogen-bond donors (Lipinski definition) is 1. The van der Waals surface area contributed by atoms with Crippen molar-refractivity contribution < 1.29 is 4.92 Å². The molecule has 0 aliphatic carbocycles. The first-order valence-electron chi connectivity index (χ1n) is 8.09. The van der Waals surface area contributed by atoms with E-state index in [1.165, 1.54) is 6.07 Å². The molecule has 1 aliphatic heterocycles. The van der Waals surface area contributed by atoms with Gasteiger partial charge in [-0.1, -0.05) is 24.3 Å². The third kappa shape index (κ3) is 4.99. The van der Waals surface area contributed by atoms with Gasteiger partial charge in [-0.3, -0.25) is 15.1 Å². The molecule has 1 aliphatic rings. The Morgan fingerprint density at radius 3 is 2.63 bits per heavy atom. The number of hydrogen-bond acceptors (Lipinski definition) is 5. The van der Waals surface area contributed by atoms with Gasteiger partial charge >= 0.3 is 0 Å². The summed E-state index contributed by atoms with van der Waals surface area (Å²) in [6, 6.07) is 12.9. The fraction of sp³-hybridized carbons (Fsp3) is 0.211. The molecule has 0 saturated heterocycles. The van der Waals surface area contributed by atoms with Gasteiger partial charge < -0.3 is 10.2 Å². The SMILES string of the molecule is CNc1ccc([N+](=O)[O-])cc1C=CC1=NCCN(C)c2ccccc21.Cl.Cl. The number of anilines is 2. The molecule has 0 radical (unpaired) electrons. The van der Waals surface area contributed by atoms with Crippen molar-refractivity contribution in [3.8, 4) is 0 Å². The van der Waals surface area contributed by atoms with Crippen molar-refractivity contribution in [2.75, 3.05) is 37.4 Å². The van der Waals surface area contributed by atoms with Crippen molar-refractivity contribution in [3.63, 3.8) is 0 Å². The molecular weight excluding hydrogens is 387 g/mol. The minimum atomic E-state index is -0.385. The number of likely N-dealkylation sites (N-methyl/N-ethyl adjacent to an activating group) is 1. The Hall–Kier alpha value is -2.57. The number of fused-ring (bicyclic) bond motifs is 1. The fourth-order valence-electron chi connectivity index (χ4n) is 2.89. The molecule has 0 amide bonds. The molecule has 0 unspecified atom stereocenters. The highest BCUT2D eigenvalue weighted by molar-refractivity contribution is 6.14. The summed E-state index contributed by atoms with van der Waals surface area (Å²) >= 11 is 0. The summed E-state index contributed by atoms with van der Waals surface area (Å²) in [4.78, 5) is 17.5. The fourth-order valence-corrected chi connectivity index (χ4v) is 2.89. The number of rotatable bonds is 4. The minimum Gasteiger partial charge on any atom is -0.388 e. The second-order valence-corrected chi connectivity index (χ2v) is 5.82. The number of nitrogens with zero attached hydrogens (tertiary/aromatic N) is 3. The molecule has 3 rings (SSSR count). The summed E-state index contributed by atoms with van der Waals surface area (Å²) in [6.45, 7) is 1.56. The number of para-hydroxylation sites is 1. The predicted octanol–water partition coefficient (Wildman–Crippen LogP) is 4.43. The number of non-ortho nitro benzene ring substituents is 1. The highest BCUT2D eigenvalue weighted by atomic mass is 35.5. The first-order valence-corrected chi connectivity index (χ1v) is 8.09. The normalized spacial score (nSPS) is 13.0. The molecule has 144 valence electrons. The van der Waals surface area contributed by atoms with E-state index in [4.69, 9.17) is 0 Å². The van der Waals surface area contributed by atoms with Crippen molar-refractivity contribution in [3.05, 3.63) is 69.8 Å². The molecule has 0 spiro atoms. The summed E-state index contributed by atoms with van der Waals surface area (Å²) in [5, 5.41) is 14.1. The van der Waals surface area contributed by atoms with Crippen LogP contribution in [0.1, 0.15) is 11.1 Å². The molecular formula is C19H22Cl2N4O2. The van der Waals surface area contributed by atoms with E-state index in [0.29, 0.717) is 6.54 Å². The van der Waals surface area contributed by atoms with E-state index >= 15 is 0 Å². The highest BCUT2D eigenvalue weighted by Crippen LogP contribution is 2.25. The third-order valence-electron chi connectivity index (χ3n) is 4.24. The average molecular weight is 409 g/mol. The second kappa shape index (κ2) is 9.94. The lowest BCUT2D eigenvalue weighted by Crippen LogP contribution is -2.20. The maximum absolute atomic E-state index is 11.0. The largest absolute Gasteiger partial charge is 0.388 e. The van der Waals surface area contributed by atoms with Crippen molar-refractivity contribution in [2.24, 2.45) is 4.99 Å². The Labute approximate surface area is 171 Å². The van der Waals surface area contributed by atoms with Gasteiger partial charge in [0.1, 0.15) is 0 Å². The number of halogens is 2. The number of nitro groups is 1. The monoisotopic (exact) mass is 408 g/mol. The molecule has 2 aromatic rings. The molecule has 6 nitrogen and oxygen atoms in total. The van der Waals surface area contributed by atoms with Crippen LogP contribution in [0, 0.1) is 10.1 Å². The summed E-state index contributed by atoms with van der Waals surface area (Å²) in [6.07, 6.45) is 3.80.